The average Bonchev–Trinajstić information content (AvgIpc) is 2.98. The third-order valence-corrected chi connectivity index (χ3v) is 3.42. The van der Waals surface area contributed by atoms with Gasteiger partial charge in [0, 0.05) is 31.3 Å². The number of aryl methyl sites for hydroxylation is 1. The van der Waals surface area contributed by atoms with Gasteiger partial charge in [0.15, 0.2) is 0 Å². The van der Waals surface area contributed by atoms with E-state index in [2.05, 4.69) is 21.5 Å². The summed E-state index contributed by atoms with van der Waals surface area (Å²) in [7, 11) is 1.84. The van der Waals surface area contributed by atoms with Gasteiger partial charge >= 0.3 is 0 Å². The first-order valence-electron chi connectivity index (χ1n) is 6.12. The number of hydrogen-bond acceptors (Lipinski definition) is 4. The standard InChI is InChI=1S/C13H16N4O/c1-17-12(15-8-16-17)7-11(18)10-4-2-3-9-5-6-14-13(9)10/h2-4,8,11,14,18H,5-7H2,1H3. The molecule has 2 N–H and O–H groups in total. The maximum Gasteiger partial charge on any atom is 0.138 e. The molecule has 0 saturated carbocycles. The average molecular weight is 244 g/mol. The van der Waals surface area contributed by atoms with Crippen molar-refractivity contribution in [2.75, 3.05) is 11.9 Å². The number of rotatable bonds is 3. The van der Waals surface area contributed by atoms with Crippen LogP contribution in [0.4, 0.5) is 5.69 Å². The monoisotopic (exact) mass is 244 g/mol. The van der Waals surface area contributed by atoms with Gasteiger partial charge < -0.3 is 10.4 Å². The predicted molar refractivity (Wildman–Crippen MR) is 68.3 cm³/mol. The van der Waals surface area contributed by atoms with Crippen LogP contribution in [-0.4, -0.2) is 26.4 Å². The van der Waals surface area contributed by atoms with Crippen LogP contribution in [0.5, 0.6) is 0 Å². The largest absolute Gasteiger partial charge is 0.388 e. The van der Waals surface area contributed by atoms with Crippen molar-refractivity contribution in [2.45, 2.75) is 18.9 Å². The molecule has 2 heterocycles. The van der Waals surface area contributed by atoms with E-state index in [1.54, 1.807) is 4.68 Å². The maximum atomic E-state index is 10.4. The number of anilines is 1. The molecule has 0 bridgehead atoms. The summed E-state index contributed by atoms with van der Waals surface area (Å²) < 4.78 is 1.69. The molecule has 0 amide bonds. The fourth-order valence-corrected chi connectivity index (χ4v) is 2.43. The van der Waals surface area contributed by atoms with E-state index in [1.165, 1.54) is 11.9 Å². The van der Waals surface area contributed by atoms with Gasteiger partial charge in [0.05, 0.1) is 6.10 Å². The molecule has 5 heteroatoms. The zero-order chi connectivity index (χ0) is 12.5. The third-order valence-electron chi connectivity index (χ3n) is 3.42. The first kappa shape index (κ1) is 11.2. The summed E-state index contributed by atoms with van der Waals surface area (Å²) >= 11 is 0. The van der Waals surface area contributed by atoms with E-state index in [9.17, 15) is 5.11 Å². The highest BCUT2D eigenvalue weighted by molar-refractivity contribution is 5.61. The van der Waals surface area contributed by atoms with Crippen molar-refractivity contribution in [3.05, 3.63) is 41.5 Å². The predicted octanol–water partition coefficient (Wildman–Crippen LogP) is 1.06. The van der Waals surface area contributed by atoms with Crippen molar-refractivity contribution in [1.82, 2.24) is 14.8 Å². The molecule has 1 unspecified atom stereocenters. The van der Waals surface area contributed by atoms with Crippen LogP contribution in [0, 0.1) is 0 Å². The van der Waals surface area contributed by atoms with E-state index in [0.717, 1.165) is 30.0 Å². The third kappa shape index (κ3) is 1.86. The van der Waals surface area contributed by atoms with Crippen LogP contribution in [0.3, 0.4) is 0 Å². The molecule has 94 valence electrons. The van der Waals surface area contributed by atoms with Gasteiger partial charge in [-0.05, 0) is 12.0 Å². The zero-order valence-corrected chi connectivity index (χ0v) is 10.3. The lowest BCUT2D eigenvalue weighted by Crippen LogP contribution is -2.09. The molecule has 0 radical (unpaired) electrons. The van der Waals surface area contributed by atoms with E-state index in [-0.39, 0.29) is 0 Å². The normalized spacial score (nSPS) is 15.2. The molecule has 5 nitrogen and oxygen atoms in total. The highest BCUT2D eigenvalue weighted by Crippen LogP contribution is 2.31. The summed E-state index contributed by atoms with van der Waals surface area (Å²) in [6, 6.07) is 6.08. The van der Waals surface area contributed by atoms with E-state index in [0.29, 0.717) is 6.42 Å². The minimum atomic E-state index is -0.548. The van der Waals surface area contributed by atoms with Gasteiger partial charge in [0.2, 0.25) is 0 Å². The first-order chi connectivity index (χ1) is 8.75. The summed E-state index contributed by atoms with van der Waals surface area (Å²) in [6.07, 6.45) is 2.47. The highest BCUT2D eigenvalue weighted by atomic mass is 16.3. The van der Waals surface area contributed by atoms with Crippen LogP contribution >= 0.6 is 0 Å². The summed E-state index contributed by atoms with van der Waals surface area (Å²) in [5.41, 5.74) is 3.32. The Balaban J connectivity index is 1.87. The molecule has 1 aliphatic heterocycles. The van der Waals surface area contributed by atoms with Crippen molar-refractivity contribution in [1.29, 1.82) is 0 Å². The minimum Gasteiger partial charge on any atom is -0.388 e. The van der Waals surface area contributed by atoms with Crippen molar-refractivity contribution >= 4 is 5.69 Å². The first-order valence-corrected chi connectivity index (χ1v) is 6.12. The van der Waals surface area contributed by atoms with Crippen molar-refractivity contribution in [3.63, 3.8) is 0 Å². The zero-order valence-electron chi connectivity index (χ0n) is 10.3. The van der Waals surface area contributed by atoms with E-state index in [4.69, 9.17) is 0 Å². The van der Waals surface area contributed by atoms with Crippen LogP contribution in [0.1, 0.15) is 23.1 Å². The number of aliphatic hydroxyl groups is 1. The van der Waals surface area contributed by atoms with Crippen molar-refractivity contribution < 1.29 is 5.11 Å². The minimum absolute atomic E-state index is 0.481. The molecule has 1 aromatic heterocycles. The van der Waals surface area contributed by atoms with Crippen LogP contribution in [0.2, 0.25) is 0 Å². The van der Waals surface area contributed by atoms with E-state index in [1.807, 2.05) is 19.2 Å². The Kier molecular flexibility index (Phi) is 2.76. The second kappa shape index (κ2) is 4.42. The lowest BCUT2D eigenvalue weighted by atomic mass is 10.0. The molecular formula is C13H16N4O. The Hall–Kier alpha value is -1.88. The summed E-state index contributed by atoms with van der Waals surface area (Å²) in [6.45, 7) is 0.947. The quantitative estimate of drug-likeness (QED) is 0.847. The van der Waals surface area contributed by atoms with Gasteiger partial charge in [-0.15, -0.1) is 0 Å². The van der Waals surface area contributed by atoms with Crippen molar-refractivity contribution in [2.24, 2.45) is 7.05 Å². The second-order valence-corrected chi connectivity index (χ2v) is 4.58. The molecular weight excluding hydrogens is 228 g/mol. The number of benzene rings is 1. The van der Waals surface area contributed by atoms with Gasteiger partial charge in [-0.25, -0.2) is 4.98 Å². The van der Waals surface area contributed by atoms with Gasteiger partial charge in [-0.1, -0.05) is 18.2 Å². The van der Waals surface area contributed by atoms with E-state index >= 15 is 0 Å². The molecule has 18 heavy (non-hydrogen) atoms. The molecule has 1 aliphatic rings. The van der Waals surface area contributed by atoms with Gasteiger partial charge in [0.1, 0.15) is 12.2 Å². The molecule has 0 aliphatic carbocycles. The highest BCUT2D eigenvalue weighted by Gasteiger charge is 2.20. The number of nitrogens with one attached hydrogen (secondary N) is 1. The Morgan fingerprint density at radius 2 is 2.39 bits per heavy atom. The Bertz CT molecular complexity index is 564. The van der Waals surface area contributed by atoms with Crippen LogP contribution in [0.25, 0.3) is 0 Å². The van der Waals surface area contributed by atoms with E-state index < -0.39 is 6.10 Å². The SMILES string of the molecule is Cn1ncnc1CC(O)c1cccc2c1NCC2. The van der Waals surface area contributed by atoms with Crippen LogP contribution < -0.4 is 5.32 Å². The number of hydrogen-bond donors (Lipinski definition) is 2. The van der Waals surface area contributed by atoms with Crippen LogP contribution in [-0.2, 0) is 19.9 Å². The topological polar surface area (TPSA) is 63.0 Å². The van der Waals surface area contributed by atoms with Crippen molar-refractivity contribution in [3.8, 4) is 0 Å². The molecule has 0 spiro atoms. The summed E-state index contributed by atoms with van der Waals surface area (Å²) in [5, 5.41) is 17.7. The molecule has 2 aromatic rings. The number of fused-ring (bicyclic) bond motifs is 1. The Morgan fingerprint density at radius 3 is 3.17 bits per heavy atom. The number of aromatic nitrogens is 3. The Labute approximate surface area is 105 Å². The summed E-state index contributed by atoms with van der Waals surface area (Å²) in [5.74, 6) is 0.790. The molecule has 1 aromatic carbocycles. The van der Waals surface area contributed by atoms with Crippen LogP contribution in [0.15, 0.2) is 24.5 Å². The maximum absolute atomic E-state index is 10.4. The molecule has 1 atom stereocenters. The second-order valence-electron chi connectivity index (χ2n) is 4.58. The molecule has 0 fully saturated rings. The van der Waals surface area contributed by atoms with Gasteiger partial charge in [0.25, 0.3) is 0 Å². The van der Waals surface area contributed by atoms with Gasteiger partial charge in [-0.3, -0.25) is 4.68 Å². The fraction of sp³-hybridized carbons (Fsp3) is 0.385. The number of aliphatic hydroxyl groups excluding tert-OH is 1. The summed E-state index contributed by atoms with van der Waals surface area (Å²) in [4.78, 5) is 4.15. The molecule has 3 rings (SSSR count). The molecule has 0 saturated heterocycles. The smallest absolute Gasteiger partial charge is 0.138 e. The Morgan fingerprint density at radius 1 is 1.50 bits per heavy atom. The fourth-order valence-electron chi connectivity index (χ4n) is 2.43. The number of para-hydroxylation sites is 1. The lowest BCUT2D eigenvalue weighted by molar-refractivity contribution is 0.175. The number of nitrogens with zero attached hydrogens (tertiary/aromatic N) is 3. The lowest BCUT2D eigenvalue weighted by Gasteiger charge is -2.14. The van der Waals surface area contributed by atoms with Gasteiger partial charge in [-0.2, -0.15) is 5.10 Å².